The summed E-state index contributed by atoms with van der Waals surface area (Å²) in [4.78, 5) is 19.6. The minimum absolute atomic E-state index is 0.0631. The van der Waals surface area contributed by atoms with Gasteiger partial charge in [-0.2, -0.15) is 0 Å². The fourth-order valence-corrected chi connectivity index (χ4v) is 3.72. The van der Waals surface area contributed by atoms with Gasteiger partial charge in [-0.1, -0.05) is 71.7 Å². The molecule has 30 heavy (non-hydrogen) atoms. The Kier molecular flexibility index (Phi) is 6.32. The number of para-hydroxylation sites is 1. The van der Waals surface area contributed by atoms with Crippen molar-refractivity contribution in [1.82, 2.24) is 9.88 Å². The number of nitrogens with zero attached hydrogens (tertiary/aromatic N) is 2. The average Bonchev–Trinajstić information content (AvgIpc) is 2.77. The van der Waals surface area contributed by atoms with Gasteiger partial charge in [0.05, 0.1) is 5.52 Å². The van der Waals surface area contributed by atoms with Crippen LogP contribution in [0.1, 0.15) is 21.5 Å². The second-order valence-corrected chi connectivity index (χ2v) is 7.89. The van der Waals surface area contributed by atoms with Crippen molar-refractivity contribution in [3.8, 4) is 0 Å². The Morgan fingerprint density at radius 2 is 1.57 bits per heavy atom. The first-order chi connectivity index (χ1) is 14.6. The van der Waals surface area contributed by atoms with Gasteiger partial charge in [-0.3, -0.25) is 4.79 Å². The van der Waals surface area contributed by atoms with Crippen molar-refractivity contribution >= 4 is 40.0 Å². The molecule has 1 aromatic heterocycles. The SMILES string of the molecule is O=C(c1ccc(Cl)cc1)N(CCc1ccccc1)Cc1cc2ccccc2nc1Cl. The Bertz CT molecular complexity index is 1160. The van der Waals surface area contributed by atoms with Gasteiger partial charge in [0, 0.05) is 34.6 Å². The molecule has 1 amide bonds. The minimum Gasteiger partial charge on any atom is -0.334 e. The summed E-state index contributed by atoms with van der Waals surface area (Å²) in [6.45, 7) is 0.944. The molecule has 0 radical (unpaired) electrons. The molecule has 3 aromatic carbocycles. The molecule has 0 saturated heterocycles. The maximum absolute atomic E-state index is 13.3. The number of halogens is 2. The first-order valence-electron chi connectivity index (χ1n) is 9.73. The minimum atomic E-state index is -0.0631. The molecule has 0 aliphatic rings. The third-order valence-electron chi connectivity index (χ3n) is 5.00. The fraction of sp³-hybridized carbons (Fsp3) is 0.120. The van der Waals surface area contributed by atoms with Crippen LogP contribution in [0.4, 0.5) is 0 Å². The van der Waals surface area contributed by atoms with Crippen molar-refractivity contribution in [3.63, 3.8) is 0 Å². The molecule has 5 heteroatoms. The summed E-state index contributed by atoms with van der Waals surface area (Å²) < 4.78 is 0. The topological polar surface area (TPSA) is 33.2 Å². The van der Waals surface area contributed by atoms with Gasteiger partial charge in [-0.25, -0.2) is 4.98 Å². The molecule has 0 unspecified atom stereocenters. The Morgan fingerprint density at radius 1 is 0.867 bits per heavy atom. The molecule has 0 fully saturated rings. The molecular formula is C25H20Cl2N2O. The van der Waals surface area contributed by atoms with Crippen LogP contribution in [0.3, 0.4) is 0 Å². The van der Waals surface area contributed by atoms with Gasteiger partial charge in [0.1, 0.15) is 5.15 Å². The van der Waals surface area contributed by atoms with Gasteiger partial charge in [0.15, 0.2) is 0 Å². The van der Waals surface area contributed by atoms with Crippen molar-refractivity contribution in [2.75, 3.05) is 6.54 Å². The molecule has 150 valence electrons. The molecule has 0 N–H and O–H groups in total. The lowest BCUT2D eigenvalue weighted by Crippen LogP contribution is -2.32. The predicted octanol–water partition coefficient (Wildman–Crippen LogP) is 6.43. The zero-order valence-corrected chi connectivity index (χ0v) is 17.8. The van der Waals surface area contributed by atoms with Crippen molar-refractivity contribution in [2.24, 2.45) is 0 Å². The Hall–Kier alpha value is -2.88. The van der Waals surface area contributed by atoms with Gasteiger partial charge < -0.3 is 4.90 Å². The van der Waals surface area contributed by atoms with Gasteiger partial charge in [0.2, 0.25) is 0 Å². The maximum Gasteiger partial charge on any atom is 0.254 e. The van der Waals surface area contributed by atoms with E-state index in [2.05, 4.69) is 17.1 Å². The van der Waals surface area contributed by atoms with Crippen LogP contribution in [-0.2, 0) is 13.0 Å². The zero-order valence-electron chi connectivity index (χ0n) is 16.3. The number of benzene rings is 3. The van der Waals surface area contributed by atoms with Crippen LogP contribution in [0.2, 0.25) is 10.2 Å². The fourth-order valence-electron chi connectivity index (χ4n) is 3.39. The summed E-state index contributed by atoms with van der Waals surface area (Å²) in [5.74, 6) is -0.0631. The molecule has 0 atom stereocenters. The number of pyridine rings is 1. The summed E-state index contributed by atoms with van der Waals surface area (Å²) in [5.41, 5.74) is 3.43. The van der Waals surface area contributed by atoms with E-state index < -0.39 is 0 Å². The molecule has 0 aliphatic carbocycles. The normalized spacial score (nSPS) is 10.9. The lowest BCUT2D eigenvalue weighted by atomic mass is 10.1. The van der Waals surface area contributed by atoms with Crippen molar-refractivity contribution in [2.45, 2.75) is 13.0 Å². The van der Waals surface area contributed by atoms with Crippen molar-refractivity contribution in [3.05, 3.63) is 112 Å². The van der Waals surface area contributed by atoms with E-state index in [4.69, 9.17) is 23.2 Å². The smallest absolute Gasteiger partial charge is 0.254 e. The quantitative estimate of drug-likeness (QED) is 0.327. The van der Waals surface area contributed by atoms with E-state index in [0.29, 0.717) is 28.8 Å². The highest BCUT2D eigenvalue weighted by Crippen LogP contribution is 2.23. The molecule has 4 aromatic rings. The van der Waals surface area contributed by atoms with Crippen LogP contribution in [-0.4, -0.2) is 22.3 Å². The number of aromatic nitrogens is 1. The zero-order chi connectivity index (χ0) is 20.9. The first kappa shape index (κ1) is 20.4. The molecule has 1 heterocycles. The summed E-state index contributed by atoms with van der Waals surface area (Å²) >= 11 is 12.5. The number of rotatable bonds is 6. The van der Waals surface area contributed by atoms with E-state index >= 15 is 0 Å². The van der Waals surface area contributed by atoms with E-state index in [1.54, 1.807) is 24.3 Å². The first-order valence-corrected chi connectivity index (χ1v) is 10.5. The van der Waals surface area contributed by atoms with E-state index in [-0.39, 0.29) is 5.91 Å². The van der Waals surface area contributed by atoms with E-state index in [9.17, 15) is 4.79 Å². The standard InChI is InChI=1S/C25H20Cl2N2O/c26-22-12-10-19(11-13-22)25(30)29(15-14-18-6-2-1-3-7-18)17-21-16-20-8-4-5-9-23(20)28-24(21)27/h1-13,16H,14-15,17H2. The number of carbonyl (C=O) groups excluding carboxylic acids is 1. The van der Waals surface area contributed by atoms with E-state index in [1.165, 1.54) is 5.56 Å². The van der Waals surface area contributed by atoms with E-state index in [1.807, 2.05) is 53.4 Å². The summed E-state index contributed by atoms with van der Waals surface area (Å²) in [5, 5.41) is 2.02. The highest BCUT2D eigenvalue weighted by atomic mass is 35.5. The molecule has 4 rings (SSSR count). The van der Waals surface area contributed by atoms with Crippen LogP contribution in [0.25, 0.3) is 10.9 Å². The molecular weight excluding hydrogens is 415 g/mol. The molecule has 0 spiro atoms. The second kappa shape index (κ2) is 9.29. The molecule has 0 saturated carbocycles. The molecule has 0 bridgehead atoms. The Balaban J connectivity index is 1.63. The predicted molar refractivity (Wildman–Crippen MR) is 123 cm³/mol. The third-order valence-corrected chi connectivity index (χ3v) is 5.58. The Labute approximate surface area is 185 Å². The number of hydrogen-bond acceptors (Lipinski definition) is 2. The molecule has 3 nitrogen and oxygen atoms in total. The summed E-state index contributed by atoms with van der Waals surface area (Å²) in [6, 6.07) is 26.9. The van der Waals surface area contributed by atoms with Crippen LogP contribution < -0.4 is 0 Å². The highest BCUT2D eigenvalue weighted by molar-refractivity contribution is 6.31. The number of amides is 1. The van der Waals surface area contributed by atoms with Gasteiger partial charge in [0.25, 0.3) is 5.91 Å². The van der Waals surface area contributed by atoms with Gasteiger partial charge in [-0.15, -0.1) is 0 Å². The largest absolute Gasteiger partial charge is 0.334 e. The van der Waals surface area contributed by atoms with Crippen molar-refractivity contribution in [1.29, 1.82) is 0 Å². The third kappa shape index (κ3) is 4.81. The summed E-state index contributed by atoms with van der Waals surface area (Å²) in [6.07, 6.45) is 0.749. The second-order valence-electron chi connectivity index (χ2n) is 7.10. The van der Waals surface area contributed by atoms with E-state index in [0.717, 1.165) is 22.9 Å². The van der Waals surface area contributed by atoms with Crippen LogP contribution in [0.15, 0.2) is 84.9 Å². The Morgan fingerprint density at radius 3 is 2.33 bits per heavy atom. The van der Waals surface area contributed by atoms with Crippen LogP contribution in [0, 0.1) is 0 Å². The van der Waals surface area contributed by atoms with Crippen LogP contribution >= 0.6 is 23.2 Å². The molecule has 0 aliphatic heterocycles. The number of hydrogen-bond donors (Lipinski definition) is 0. The van der Waals surface area contributed by atoms with Crippen molar-refractivity contribution < 1.29 is 4.79 Å². The number of carbonyl (C=O) groups is 1. The lowest BCUT2D eigenvalue weighted by Gasteiger charge is -2.24. The van der Waals surface area contributed by atoms with Gasteiger partial charge >= 0.3 is 0 Å². The van der Waals surface area contributed by atoms with Crippen LogP contribution in [0.5, 0.6) is 0 Å². The number of fused-ring (bicyclic) bond motifs is 1. The summed E-state index contributed by atoms with van der Waals surface area (Å²) in [7, 11) is 0. The maximum atomic E-state index is 13.3. The monoisotopic (exact) mass is 434 g/mol. The van der Waals surface area contributed by atoms with Gasteiger partial charge in [-0.05, 0) is 48.4 Å². The average molecular weight is 435 g/mol. The lowest BCUT2D eigenvalue weighted by molar-refractivity contribution is 0.0745. The highest BCUT2D eigenvalue weighted by Gasteiger charge is 2.18.